The van der Waals surface area contributed by atoms with Gasteiger partial charge in [-0.25, -0.2) is 0 Å². The summed E-state index contributed by atoms with van der Waals surface area (Å²) >= 11 is 6.11. The fourth-order valence-corrected chi connectivity index (χ4v) is 1.95. The lowest BCUT2D eigenvalue weighted by Gasteiger charge is -2.00. The van der Waals surface area contributed by atoms with E-state index in [1.807, 2.05) is 25.2 Å². The highest BCUT2D eigenvalue weighted by Gasteiger charge is 2.09. The van der Waals surface area contributed by atoms with Crippen molar-refractivity contribution in [2.45, 2.75) is 6.54 Å². The van der Waals surface area contributed by atoms with Crippen LogP contribution in [0.1, 0.15) is 5.56 Å². The second-order valence-corrected chi connectivity index (χ2v) is 3.74. The molecule has 0 atom stereocenters. The van der Waals surface area contributed by atoms with Gasteiger partial charge in [-0.15, -0.1) is 0 Å². The van der Waals surface area contributed by atoms with Crippen molar-refractivity contribution in [2.24, 2.45) is 0 Å². The van der Waals surface area contributed by atoms with Gasteiger partial charge in [-0.1, -0.05) is 11.6 Å². The molecule has 2 aromatic rings. The van der Waals surface area contributed by atoms with Crippen molar-refractivity contribution in [2.75, 3.05) is 14.2 Å². The molecule has 0 bridgehead atoms. The Morgan fingerprint density at radius 1 is 1.47 bits per heavy atom. The molecule has 0 unspecified atom stereocenters. The summed E-state index contributed by atoms with van der Waals surface area (Å²) in [4.78, 5) is 3.13. The van der Waals surface area contributed by atoms with Crippen molar-refractivity contribution in [1.82, 2.24) is 10.3 Å². The number of ether oxygens (including phenoxy) is 1. The van der Waals surface area contributed by atoms with Gasteiger partial charge in [0.2, 0.25) is 0 Å². The largest absolute Gasteiger partial charge is 0.497 e. The van der Waals surface area contributed by atoms with Crippen molar-refractivity contribution in [1.29, 1.82) is 0 Å². The predicted octanol–water partition coefficient (Wildman–Crippen LogP) is 2.55. The summed E-state index contributed by atoms with van der Waals surface area (Å²) in [7, 11) is 3.55. The molecule has 1 aromatic carbocycles. The lowest BCUT2D eigenvalue weighted by molar-refractivity contribution is 0.415. The van der Waals surface area contributed by atoms with Gasteiger partial charge in [0.15, 0.2) is 0 Å². The summed E-state index contributed by atoms with van der Waals surface area (Å²) in [6, 6.07) is 5.90. The molecule has 80 valence electrons. The zero-order valence-corrected chi connectivity index (χ0v) is 9.48. The third-order valence-corrected chi connectivity index (χ3v) is 2.74. The molecule has 0 saturated heterocycles. The Morgan fingerprint density at radius 2 is 2.27 bits per heavy atom. The predicted molar refractivity (Wildman–Crippen MR) is 62.6 cm³/mol. The minimum atomic E-state index is 0.688. The normalized spacial score (nSPS) is 10.9. The van der Waals surface area contributed by atoms with Crippen LogP contribution in [-0.2, 0) is 6.54 Å². The van der Waals surface area contributed by atoms with Crippen molar-refractivity contribution in [3.8, 4) is 5.75 Å². The Kier molecular flexibility index (Phi) is 2.84. The van der Waals surface area contributed by atoms with Crippen LogP contribution in [0.25, 0.3) is 10.9 Å². The quantitative estimate of drug-likeness (QED) is 0.841. The summed E-state index contributed by atoms with van der Waals surface area (Å²) in [5, 5.41) is 4.92. The molecule has 4 heteroatoms. The van der Waals surface area contributed by atoms with E-state index in [9.17, 15) is 0 Å². The number of benzene rings is 1. The number of hydrogen-bond donors (Lipinski definition) is 2. The van der Waals surface area contributed by atoms with Crippen molar-refractivity contribution < 1.29 is 4.74 Å². The molecule has 0 fully saturated rings. The van der Waals surface area contributed by atoms with E-state index in [1.54, 1.807) is 7.11 Å². The second-order valence-electron chi connectivity index (χ2n) is 3.36. The maximum absolute atomic E-state index is 6.11. The minimum Gasteiger partial charge on any atom is -0.497 e. The summed E-state index contributed by atoms with van der Waals surface area (Å²) < 4.78 is 5.15. The molecular weight excluding hydrogens is 212 g/mol. The van der Waals surface area contributed by atoms with E-state index in [0.717, 1.165) is 28.8 Å². The average molecular weight is 225 g/mol. The molecule has 0 aliphatic heterocycles. The third-order valence-electron chi connectivity index (χ3n) is 2.41. The van der Waals surface area contributed by atoms with Crippen molar-refractivity contribution in [3.05, 3.63) is 28.9 Å². The van der Waals surface area contributed by atoms with Crippen LogP contribution in [0.15, 0.2) is 18.2 Å². The zero-order chi connectivity index (χ0) is 10.8. The molecule has 0 saturated carbocycles. The van der Waals surface area contributed by atoms with E-state index in [1.165, 1.54) is 0 Å². The smallest absolute Gasteiger partial charge is 0.120 e. The highest BCUT2D eigenvalue weighted by molar-refractivity contribution is 6.31. The monoisotopic (exact) mass is 224 g/mol. The average Bonchev–Trinajstić information content (AvgIpc) is 2.55. The van der Waals surface area contributed by atoms with Gasteiger partial charge >= 0.3 is 0 Å². The van der Waals surface area contributed by atoms with Crippen LogP contribution in [-0.4, -0.2) is 19.1 Å². The maximum atomic E-state index is 6.11. The van der Waals surface area contributed by atoms with Gasteiger partial charge in [0, 0.05) is 23.6 Å². The molecule has 0 amide bonds. The van der Waals surface area contributed by atoms with E-state index in [4.69, 9.17) is 16.3 Å². The van der Waals surface area contributed by atoms with Crippen LogP contribution in [0.5, 0.6) is 5.75 Å². The number of fused-ring (bicyclic) bond motifs is 1. The molecule has 3 nitrogen and oxygen atoms in total. The van der Waals surface area contributed by atoms with E-state index in [0.29, 0.717) is 5.15 Å². The van der Waals surface area contributed by atoms with Crippen LogP contribution in [0, 0.1) is 0 Å². The lowest BCUT2D eigenvalue weighted by Crippen LogP contribution is -2.04. The number of methoxy groups -OCH3 is 1. The molecule has 0 aliphatic carbocycles. The number of rotatable bonds is 3. The molecule has 2 N–H and O–H groups in total. The van der Waals surface area contributed by atoms with E-state index < -0.39 is 0 Å². The van der Waals surface area contributed by atoms with Gasteiger partial charge in [-0.3, -0.25) is 0 Å². The number of hydrogen-bond acceptors (Lipinski definition) is 2. The maximum Gasteiger partial charge on any atom is 0.120 e. The Bertz CT molecular complexity index is 479. The Morgan fingerprint density at radius 3 is 2.93 bits per heavy atom. The Hall–Kier alpha value is -1.19. The topological polar surface area (TPSA) is 37.0 Å². The standard InChI is InChI=1S/C11H13ClN2O/c1-13-6-9-8-4-3-7(15-2)5-10(8)14-11(9)12/h3-5,13-14H,6H2,1-2H3. The first-order valence-electron chi connectivity index (χ1n) is 4.75. The molecule has 1 aromatic heterocycles. The summed E-state index contributed by atoms with van der Waals surface area (Å²) in [6.45, 7) is 0.755. The first kappa shape index (κ1) is 10.3. The Balaban J connectivity index is 2.58. The number of H-pyrrole nitrogens is 1. The highest BCUT2D eigenvalue weighted by atomic mass is 35.5. The van der Waals surface area contributed by atoms with Crippen molar-refractivity contribution in [3.63, 3.8) is 0 Å². The fourth-order valence-electron chi connectivity index (χ4n) is 1.68. The molecule has 2 rings (SSSR count). The van der Waals surface area contributed by atoms with Gasteiger partial charge in [0.05, 0.1) is 12.6 Å². The SMILES string of the molecule is CNCc1c(Cl)[nH]c2cc(OC)ccc12. The zero-order valence-electron chi connectivity index (χ0n) is 8.73. The number of aromatic amines is 1. The Labute approximate surface area is 93.4 Å². The molecule has 15 heavy (non-hydrogen) atoms. The summed E-state index contributed by atoms with van der Waals surface area (Å²) in [5.74, 6) is 0.830. The highest BCUT2D eigenvalue weighted by Crippen LogP contribution is 2.28. The van der Waals surface area contributed by atoms with Crippen LogP contribution < -0.4 is 10.1 Å². The van der Waals surface area contributed by atoms with Crippen molar-refractivity contribution >= 4 is 22.5 Å². The van der Waals surface area contributed by atoms with E-state index >= 15 is 0 Å². The number of nitrogens with one attached hydrogen (secondary N) is 2. The van der Waals surface area contributed by atoms with Crippen LogP contribution in [0.3, 0.4) is 0 Å². The molecule has 1 heterocycles. The number of aromatic nitrogens is 1. The van der Waals surface area contributed by atoms with Crippen LogP contribution >= 0.6 is 11.6 Å². The first-order valence-corrected chi connectivity index (χ1v) is 5.12. The number of halogens is 1. The third kappa shape index (κ3) is 1.80. The van der Waals surface area contributed by atoms with Gasteiger partial charge in [0.1, 0.15) is 10.9 Å². The molecule has 0 spiro atoms. The van der Waals surface area contributed by atoms with Gasteiger partial charge in [-0.2, -0.15) is 0 Å². The molecule has 0 aliphatic rings. The van der Waals surface area contributed by atoms with Gasteiger partial charge in [0.25, 0.3) is 0 Å². The van der Waals surface area contributed by atoms with E-state index in [-0.39, 0.29) is 0 Å². The second kappa shape index (κ2) is 4.13. The fraction of sp³-hybridized carbons (Fsp3) is 0.273. The summed E-state index contributed by atoms with van der Waals surface area (Å²) in [6.07, 6.45) is 0. The van der Waals surface area contributed by atoms with Crippen LogP contribution in [0.2, 0.25) is 5.15 Å². The van der Waals surface area contributed by atoms with E-state index in [2.05, 4.69) is 10.3 Å². The van der Waals surface area contributed by atoms with Gasteiger partial charge < -0.3 is 15.0 Å². The van der Waals surface area contributed by atoms with Crippen LogP contribution in [0.4, 0.5) is 0 Å². The molecule has 0 radical (unpaired) electrons. The molecular formula is C11H13ClN2O. The van der Waals surface area contributed by atoms with Gasteiger partial charge in [-0.05, 0) is 19.2 Å². The lowest BCUT2D eigenvalue weighted by atomic mass is 10.1. The first-order chi connectivity index (χ1) is 7.26. The summed E-state index contributed by atoms with van der Waals surface area (Å²) in [5.41, 5.74) is 2.10. The minimum absolute atomic E-state index is 0.688.